The monoisotopic (exact) mass is 383 g/mol. The molecule has 0 spiro atoms. The summed E-state index contributed by atoms with van der Waals surface area (Å²) in [7, 11) is 0. The molecule has 0 bridgehead atoms. The molecule has 1 aliphatic rings. The maximum atomic E-state index is 12.3. The maximum Gasteiger partial charge on any atom is 0.255 e. The van der Waals surface area contributed by atoms with Gasteiger partial charge in [0.25, 0.3) is 5.91 Å². The number of carbonyl (C=O) groups excluding carboxylic acids is 1. The summed E-state index contributed by atoms with van der Waals surface area (Å²) >= 11 is 5.38. The molecule has 27 heavy (non-hydrogen) atoms. The van der Waals surface area contributed by atoms with E-state index in [0.717, 1.165) is 37.2 Å². The predicted molar refractivity (Wildman–Crippen MR) is 112 cm³/mol. The number of hydrogen-bond acceptors (Lipinski definition) is 3. The van der Waals surface area contributed by atoms with Crippen LogP contribution in [0.2, 0.25) is 0 Å². The van der Waals surface area contributed by atoms with Gasteiger partial charge in [-0.05, 0) is 61.8 Å². The van der Waals surface area contributed by atoms with Gasteiger partial charge in [-0.1, -0.05) is 30.3 Å². The molecule has 1 fully saturated rings. The van der Waals surface area contributed by atoms with Gasteiger partial charge in [0, 0.05) is 24.4 Å². The highest BCUT2D eigenvalue weighted by Gasteiger charge is 2.16. The Morgan fingerprint density at radius 3 is 2.78 bits per heavy atom. The van der Waals surface area contributed by atoms with Crippen LogP contribution in [-0.2, 0) is 4.74 Å². The van der Waals surface area contributed by atoms with Crippen LogP contribution in [0.25, 0.3) is 0 Å². The Bertz CT molecular complexity index is 776. The molecule has 0 aromatic heterocycles. The van der Waals surface area contributed by atoms with Crippen LogP contribution in [0.1, 0.15) is 41.7 Å². The molecular formula is C21H25N3O2S. The van der Waals surface area contributed by atoms with Gasteiger partial charge in [-0.3, -0.25) is 4.79 Å². The van der Waals surface area contributed by atoms with Crippen LogP contribution in [-0.4, -0.2) is 30.3 Å². The van der Waals surface area contributed by atoms with E-state index < -0.39 is 0 Å². The van der Waals surface area contributed by atoms with E-state index in [1.807, 2.05) is 49.4 Å². The van der Waals surface area contributed by atoms with Crippen molar-refractivity contribution in [1.29, 1.82) is 0 Å². The van der Waals surface area contributed by atoms with Gasteiger partial charge < -0.3 is 20.7 Å². The number of ether oxygens (including phenoxy) is 1. The van der Waals surface area contributed by atoms with Gasteiger partial charge in [0.05, 0.1) is 12.1 Å². The molecule has 1 amide bonds. The summed E-state index contributed by atoms with van der Waals surface area (Å²) < 4.78 is 5.59. The second-order valence-corrected chi connectivity index (χ2v) is 7.06. The van der Waals surface area contributed by atoms with Crippen molar-refractivity contribution >= 4 is 28.9 Å². The van der Waals surface area contributed by atoms with Crippen molar-refractivity contribution in [2.75, 3.05) is 18.5 Å². The van der Waals surface area contributed by atoms with Crippen LogP contribution in [0.5, 0.6) is 0 Å². The summed E-state index contributed by atoms with van der Waals surface area (Å²) in [5.74, 6) is -0.123. The van der Waals surface area contributed by atoms with Crippen molar-refractivity contribution in [2.45, 2.75) is 31.9 Å². The Morgan fingerprint density at radius 1 is 1.22 bits per heavy atom. The first kappa shape index (κ1) is 19.3. The molecule has 0 aliphatic carbocycles. The zero-order chi connectivity index (χ0) is 19.1. The third-order valence-corrected chi connectivity index (χ3v) is 4.80. The molecule has 1 heterocycles. The second kappa shape index (κ2) is 9.48. The Labute approximate surface area is 165 Å². The molecule has 0 saturated carbocycles. The van der Waals surface area contributed by atoms with Crippen LogP contribution < -0.4 is 16.0 Å². The van der Waals surface area contributed by atoms with E-state index in [1.54, 1.807) is 12.1 Å². The van der Waals surface area contributed by atoms with Gasteiger partial charge in [-0.2, -0.15) is 0 Å². The van der Waals surface area contributed by atoms with E-state index in [4.69, 9.17) is 17.0 Å². The van der Waals surface area contributed by atoms with E-state index in [-0.39, 0.29) is 18.1 Å². The summed E-state index contributed by atoms with van der Waals surface area (Å²) in [6, 6.07) is 17.0. The maximum absolute atomic E-state index is 12.3. The van der Waals surface area contributed by atoms with Crippen LogP contribution in [0.3, 0.4) is 0 Å². The Balaban J connectivity index is 1.54. The number of benzene rings is 2. The van der Waals surface area contributed by atoms with Crippen molar-refractivity contribution in [1.82, 2.24) is 10.6 Å². The van der Waals surface area contributed by atoms with Crippen molar-refractivity contribution in [3.63, 3.8) is 0 Å². The highest BCUT2D eigenvalue weighted by atomic mass is 32.1. The molecule has 5 nitrogen and oxygen atoms in total. The minimum atomic E-state index is -0.123. The molecule has 2 aromatic rings. The number of anilines is 1. The van der Waals surface area contributed by atoms with Crippen molar-refractivity contribution in [3.8, 4) is 0 Å². The lowest BCUT2D eigenvalue weighted by atomic mass is 10.1. The minimum absolute atomic E-state index is 0.0167. The van der Waals surface area contributed by atoms with Gasteiger partial charge in [0.2, 0.25) is 0 Å². The summed E-state index contributed by atoms with van der Waals surface area (Å²) in [5, 5.41) is 10.0. The van der Waals surface area contributed by atoms with Crippen LogP contribution >= 0.6 is 12.2 Å². The fraction of sp³-hybridized carbons (Fsp3) is 0.333. The average molecular weight is 384 g/mol. The van der Waals surface area contributed by atoms with Crippen LogP contribution in [0.15, 0.2) is 54.6 Å². The van der Waals surface area contributed by atoms with Crippen molar-refractivity contribution in [2.24, 2.45) is 0 Å². The standard InChI is InChI=1S/C21H25N3O2S/c1-15(23-21(27)22-14-19-11-6-12-26-19)17-9-5-10-18(13-17)24-20(25)16-7-3-2-4-8-16/h2-5,7-10,13,15,19H,6,11-12,14H2,1H3,(H,24,25)(H2,22,23,27). The van der Waals surface area contributed by atoms with Gasteiger partial charge in [0.1, 0.15) is 0 Å². The van der Waals surface area contributed by atoms with E-state index in [1.165, 1.54) is 0 Å². The lowest BCUT2D eigenvalue weighted by molar-refractivity contribution is 0.102. The van der Waals surface area contributed by atoms with E-state index in [9.17, 15) is 4.79 Å². The fourth-order valence-corrected chi connectivity index (χ4v) is 3.28. The van der Waals surface area contributed by atoms with Crippen LogP contribution in [0, 0.1) is 0 Å². The molecule has 6 heteroatoms. The second-order valence-electron chi connectivity index (χ2n) is 6.66. The lowest BCUT2D eigenvalue weighted by Gasteiger charge is -2.19. The number of thiocarbonyl (C=S) groups is 1. The molecule has 2 unspecified atom stereocenters. The van der Waals surface area contributed by atoms with E-state index >= 15 is 0 Å². The summed E-state index contributed by atoms with van der Waals surface area (Å²) in [4.78, 5) is 12.3. The third kappa shape index (κ3) is 5.77. The number of amides is 1. The molecule has 0 radical (unpaired) electrons. The number of carbonyl (C=O) groups is 1. The largest absolute Gasteiger partial charge is 0.376 e. The molecule has 3 N–H and O–H groups in total. The molecule has 2 aromatic carbocycles. The van der Waals surface area contributed by atoms with Gasteiger partial charge >= 0.3 is 0 Å². The normalized spacial score (nSPS) is 17.1. The third-order valence-electron chi connectivity index (χ3n) is 4.54. The quantitative estimate of drug-likeness (QED) is 0.665. The van der Waals surface area contributed by atoms with Crippen molar-refractivity contribution < 1.29 is 9.53 Å². The number of nitrogens with one attached hydrogen (secondary N) is 3. The first-order chi connectivity index (χ1) is 13.1. The highest BCUT2D eigenvalue weighted by Crippen LogP contribution is 2.18. The fourth-order valence-electron chi connectivity index (χ4n) is 3.02. The zero-order valence-corrected chi connectivity index (χ0v) is 16.2. The van der Waals surface area contributed by atoms with Gasteiger partial charge in [-0.15, -0.1) is 0 Å². The summed E-state index contributed by atoms with van der Waals surface area (Å²) in [6.45, 7) is 3.61. The smallest absolute Gasteiger partial charge is 0.255 e. The Morgan fingerprint density at radius 2 is 2.04 bits per heavy atom. The summed E-state index contributed by atoms with van der Waals surface area (Å²) in [6.07, 6.45) is 2.44. The first-order valence-corrected chi connectivity index (χ1v) is 9.65. The van der Waals surface area contributed by atoms with Crippen molar-refractivity contribution in [3.05, 3.63) is 65.7 Å². The molecule has 2 atom stereocenters. The molecule has 1 saturated heterocycles. The Kier molecular flexibility index (Phi) is 6.79. The van der Waals surface area contributed by atoms with Gasteiger partial charge in [0.15, 0.2) is 5.11 Å². The molecular weight excluding hydrogens is 358 g/mol. The predicted octanol–water partition coefficient (Wildman–Crippen LogP) is 3.64. The first-order valence-electron chi connectivity index (χ1n) is 9.24. The SMILES string of the molecule is CC(NC(=S)NCC1CCCO1)c1cccc(NC(=O)c2ccccc2)c1. The summed E-state index contributed by atoms with van der Waals surface area (Å²) in [5.41, 5.74) is 2.43. The van der Waals surface area contributed by atoms with Gasteiger partial charge in [-0.25, -0.2) is 0 Å². The molecule has 1 aliphatic heterocycles. The van der Waals surface area contributed by atoms with E-state index in [2.05, 4.69) is 16.0 Å². The Hall–Kier alpha value is -2.44. The molecule has 3 rings (SSSR count). The number of hydrogen-bond donors (Lipinski definition) is 3. The zero-order valence-electron chi connectivity index (χ0n) is 15.4. The average Bonchev–Trinajstić information content (AvgIpc) is 3.21. The lowest BCUT2D eigenvalue weighted by Crippen LogP contribution is -2.40. The minimum Gasteiger partial charge on any atom is -0.376 e. The topological polar surface area (TPSA) is 62.4 Å². The molecule has 142 valence electrons. The number of rotatable bonds is 6. The van der Waals surface area contributed by atoms with Crippen LogP contribution in [0.4, 0.5) is 5.69 Å². The highest BCUT2D eigenvalue weighted by molar-refractivity contribution is 7.80. The van der Waals surface area contributed by atoms with E-state index in [0.29, 0.717) is 10.7 Å².